The Morgan fingerprint density at radius 3 is 2.44 bits per heavy atom. The van der Waals surface area contributed by atoms with Gasteiger partial charge in [0.15, 0.2) is 0 Å². The van der Waals surface area contributed by atoms with Crippen LogP contribution in [0.2, 0.25) is 0 Å². The average Bonchev–Trinajstić information content (AvgIpc) is 3.40. The van der Waals surface area contributed by atoms with Gasteiger partial charge in [-0.1, -0.05) is 17.3 Å². The Morgan fingerprint density at radius 2 is 1.74 bits per heavy atom. The molecular weight excluding hydrogens is 533 g/mol. The Bertz CT molecular complexity index is 1290. The van der Waals surface area contributed by atoms with E-state index in [0.29, 0.717) is 35.8 Å². The number of aromatic amines is 1. The van der Waals surface area contributed by atoms with Gasteiger partial charge in [0.05, 0.1) is 5.52 Å². The minimum atomic E-state index is -4.33. The van der Waals surface area contributed by atoms with Crippen LogP contribution >= 0.6 is 11.8 Å². The van der Waals surface area contributed by atoms with Crippen LogP contribution in [0.3, 0.4) is 0 Å². The summed E-state index contributed by atoms with van der Waals surface area (Å²) < 4.78 is 42.8. The second kappa shape index (κ2) is 11.8. The minimum Gasteiger partial charge on any atom is -0.445 e. The lowest BCUT2D eigenvalue weighted by Gasteiger charge is -2.41. The molecule has 0 radical (unpaired) electrons. The zero-order chi connectivity index (χ0) is 27.4. The maximum atomic E-state index is 12.7. The molecule has 2 N–H and O–H groups in total. The minimum absolute atomic E-state index is 0.0121. The molecule has 2 amide bonds. The van der Waals surface area contributed by atoms with Gasteiger partial charge in [0, 0.05) is 48.7 Å². The van der Waals surface area contributed by atoms with E-state index in [0.717, 1.165) is 44.3 Å². The fourth-order valence-corrected chi connectivity index (χ4v) is 5.67. The molecule has 13 heteroatoms. The summed E-state index contributed by atoms with van der Waals surface area (Å²) >= 11 is -0.174. The molecule has 9 nitrogen and oxygen atoms in total. The Balaban J connectivity index is 1.01. The second-order valence-electron chi connectivity index (χ2n) is 9.79. The number of nitrogens with one attached hydrogen (secondary N) is 2. The smallest absolute Gasteiger partial charge is 0.445 e. The van der Waals surface area contributed by atoms with Gasteiger partial charge in [-0.15, -0.1) is 5.10 Å². The number of hydrogen-bond donors (Lipinski definition) is 2. The van der Waals surface area contributed by atoms with Crippen LogP contribution < -0.4 is 5.32 Å². The van der Waals surface area contributed by atoms with Gasteiger partial charge in [-0.2, -0.15) is 13.2 Å². The van der Waals surface area contributed by atoms with E-state index in [1.165, 1.54) is 24.3 Å². The highest BCUT2D eigenvalue weighted by atomic mass is 32.2. The zero-order valence-corrected chi connectivity index (χ0v) is 21.9. The molecule has 2 aromatic carbocycles. The van der Waals surface area contributed by atoms with Crippen molar-refractivity contribution in [3.05, 3.63) is 53.6 Å². The number of aromatic nitrogens is 3. The molecule has 1 saturated heterocycles. The van der Waals surface area contributed by atoms with E-state index in [-0.39, 0.29) is 35.2 Å². The first-order valence-electron chi connectivity index (χ1n) is 12.9. The number of carbonyl (C=O) groups excluding carboxylic acids is 2. The monoisotopic (exact) mass is 562 g/mol. The molecule has 1 aromatic heterocycles. The van der Waals surface area contributed by atoms with E-state index < -0.39 is 11.6 Å². The first kappa shape index (κ1) is 27.3. The van der Waals surface area contributed by atoms with Crippen LogP contribution in [0.25, 0.3) is 11.0 Å². The van der Waals surface area contributed by atoms with E-state index in [1.807, 2.05) is 0 Å². The zero-order valence-electron chi connectivity index (χ0n) is 21.1. The van der Waals surface area contributed by atoms with Crippen molar-refractivity contribution >= 4 is 34.8 Å². The first-order valence-corrected chi connectivity index (χ1v) is 13.7. The quantitative estimate of drug-likeness (QED) is 0.425. The van der Waals surface area contributed by atoms with Crippen molar-refractivity contribution in [1.29, 1.82) is 0 Å². The normalized spacial score (nSPS) is 20.6. The molecule has 39 heavy (non-hydrogen) atoms. The number of H-pyrrole nitrogens is 1. The predicted octanol–water partition coefficient (Wildman–Crippen LogP) is 4.57. The van der Waals surface area contributed by atoms with Gasteiger partial charge in [-0.05, 0) is 73.3 Å². The fourth-order valence-electron chi connectivity index (χ4n) is 5.13. The highest BCUT2D eigenvalue weighted by Crippen LogP contribution is 2.36. The summed E-state index contributed by atoms with van der Waals surface area (Å²) in [5.41, 5.74) is -1.68. The molecule has 3 aromatic rings. The molecule has 1 aliphatic heterocycles. The Labute approximate surface area is 227 Å². The summed E-state index contributed by atoms with van der Waals surface area (Å²) in [5.74, 6) is -0.105. The SMILES string of the molecule is O=C(NC1CCC(N2CCN(C(=O)OCc3ccc(SC(F)(F)F)cc3)CC2)CC1)c1ccc2[nH]nnc2c1. The molecule has 1 aliphatic carbocycles. The standard InChI is InChI=1S/C26H29F3N6O3S/c27-26(28,29)39-21-8-1-17(2-9-21)16-38-25(37)35-13-11-34(12-14-35)20-6-4-19(5-7-20)30-24(36)18-3-10-22-23(15-18)32-33-31-22/h1-3,8-10,15,19-20H,4-7,11-14,16H2,(H,30,36)(H,31,32,33). The molecular formula is C26H29F3N6O3S. The van der Waals surface area contributed by atoms with Crippen molar-refractivity contribution in [2.45, 2.75) is 54.8 Å². The number of fused-ring (bicyclic) bond motifs is 1. The molecule has 2 fully saturated rings. The number of halogens is 3. The number of carbonyl (C=O) groups is 2. The molecule has 5 rings (SSSR count). The van der Waals surface area contributed by atoms with E-state index in [9.17, 15) is 22.8 Å². The molecule has 0 unspecified atom stereocenters. The first-order chi connectivity index (χ1) is 18.7. The van der Waals surface area contributed by atoms with E-state index >= 15 is 0 Å². The van der Waals surface area contributed by atoms with Crippen LogP contribution in [0.15, 0.2) is 47.4 Å². The van der Waals surface area contributed by atoms with Gasteiger partial charge >= 0.3 is 11.6 Å². The molecule has 2 heterocycles. The topological polar surface area (TPSA) is 103 Å². The molecule has 208 valence electrons. The third-order valence-electron chi connectivity index (χ3n) is 7.23. The number of hydrogen-bond acceptors (Lipinski definition) is 7. The summed E-state index contributed by atoms with van der Waals surface area (Å²) in [7, 11) is 0. The van der Waals surface area contributed by atoms with Gasteiger partial charge in [-0.3, -0.25) is 14.8 Å². The molecule has 2 aliphatic rings. The molecule has 0 spiro atoms. The number of ether oxygens (including phenoxy) is 1. The van der Waals surface area contributed by atoms with E-state index in [4.69, 9.17) is 4.74 Å². The van der Waals surface area contributed by atoms with Crippen molar-refractivity contribution in [3.8, 4) is 0 Å². The van der Waals surface area contributed by atoms with Crippen LogP contribution in [-0.4, -0.2) is 81.0 Å². The van der Waals surface area contributed by atoms with E-state index in [2.05, 4.69) is 25.6 Å². The maximum Gasteiger partial charge on any atom is 0.446 e. The van der Waals surface area contributed by atoms with Crippen LogP contribution in [0, 0.1) is 0 Å². The largest absolute Gasteiger partial charge is 0.446 e. The number of alkyl halides is 3. The summed E-state index contributed by atoms with van der Waals surface area (Å²) in [4.78, 5) is 29.4. The van der Waals surface area contributed by atoms with Crippen LogP contribution in [-0.2, 0) is 11.3 Å². The molecule has 0 atom stereocenters. The lowest BCUT2D eigenvalue weighted by Crippen LogP contribution is -2.53. The Hall–Kier alpha value is -3.32. The maximum absolute atomic E-state index is 12.7. The molecule has 0 bridgehead atoms. The summed E-state index contributed by atoms with van der Waals surface area (Å²) in [6, 6.07) is 11.7. The van der Waals surface area contributed by atoms with Gasteiger partial charge in [0.25, 0.3) is 5.91 Å². The van der Waals surface area contributed by atoms with Crippen LogP contribution in [0.4, 0.5) is 18.0 Å². The third kappa shape index (κ3) is 7.21. The van der Waals surface area contributed by atoms with Crippen LogP contribution in [0.1, 0.15) is 41.6 Å². The van der Waals surface area contributed by atoms with Gasteiger partial charge in [-0.25, -0.2) is 4.79 Å². The average molecular weight is 563 g/mol. The number of piperazine rings is 1. The number of nitrogens with zero attached hydrogens (tertiary/aromatic N) is 4. The number of benzene rings is 2. The lowest BCUT2D eigenvalue weighted by molar-refractivity contribution is -0.0328. The Morgan fingerprint density at radius 1 is 1.03 bits per heavy atom. The number of thioether (sulfide) groups is 1. The van der Waals surface area contributed by atoms with Crippen molar-refractivity contribution < 1.29 is 27.5 Å². The summed E-state index contributed by atoms with van der Waals surface area (Å²) in [6.45, 7) is 2.62. The highest BCUT2D eigenvalue weighted by Gasteiger charge is 2.31. The highest BCUT2D eigenvalue weighted by molar-refractivity contribution is 8.00. The summed E-state index contributed by atoms with van der Waals surface area (Å²) in [6.07, 6.45) is 3.32. The van der Waals surface area contributed by atoms with Gasteiger partial charge < -0.3 is 15.0 Å². The van der Waals surface area contributed by atoms with Gasteiger partial charge in [0.2, 0.25) is 0 Å². The second-order valence-corrected chi connectivity index (χ2v) is 10.9. The Kier molecular flexibility index (Phi) is 8.26. The lowest BCUT2D eigenvalue weighted by atomic mass is 9.89. The number of amides is 2. The van der Waals surface area contributed by atoms with Crippen molar-refractivity contribution in [1.82, 2.24) is 30.5 Å². The van der Waals surface area contributed by atoms with Crippen molar-refractivity contribution in [3.63, 3.8) is 0 Å². The van der Waals surface area contributed by atoms with Crippen LogP contribution in [0.5, 0.6) is 0 Å². The van der Waals surface area contributed by atoms with Gasteiger partial charge in [0.1, 0.15) is 12.1 Å². The van der Waals surface area contributed by atoms with Crippen molar-refractivity contribution in [2.24, 2.45) is 0 Å². The van der Waals surface area contributed by atoms with Crippen molar-refractivity contribution in [2.75, 3.05) is 26.2 Å². The predicted molar refractivity (Wildman–Crippen MR) is 139 cm³/mol. The van der Waals surface area contributed by atoms with E-state index in [1.54, 1.807) is 23.1 Å². The molecule has 1 saturated carbocycles. The summed E-state index contributed by atoms with van der Waals surface area (Å²) in [5, 5.41) is 13.6. The third-order valence-corrected chi connectivity index (χ3v) is 7.97. The number of rotatable bonds is 6. The fraction of sp³-hybridized carbons (Fsp3) is 0.462.